The van der Waals surface area contributed by atoms with Gasteiger partial charge in [-0.15, -0.1) is 0 Å². The zero-order valence-corrected chi connectivity index (χ0v) is 15.9. The van der Waals surface area contributed by atoms with Gasteiger partial charge in [0.25, 0.3) is 0 Å². The van der Waals surface area contributed by atoms with E-state index in [0.29, 0.717) is 24.5 Å². The zero-order valence-electron chi connectivity index (χ0n) is 15.1. The van der Waals surface area contributed by atoms with E-state index in [2.05, 4.69) is 5.32 Å². The number of benzene rings is 1. The van der Waals surface area contributed by atoms with Gasteiger partial charge in [0, 0.05) is 19.0 Å². The summed E-state index contributed by atoms with van der Waals surface area (Å²) in [7, 11) is -2.10. The Morgan fingerprint density at radius 3 is 2.38 bits per heavy atom. The maximum Gasteiger partial charge on any atom is 0.243 e. The smallest absolute Gasteiger partial charge is 0.243 e. The number of nitrogens with zero attached hydrogens (tertiary/aromatic N) is 1. The number of anilines is 1. The van der Waals surface area contributed by atoms with Gasteiger partial charge < -0.3 is 10.1 Å². The van der Waals surface area contributed by atoms with Gasteiger partial charge in [0.15, 0.2) is 0 Å². The topological polar surface area (TPSA) is 75.7 Å². The molecule has 6 nitrogen and oxygen atoms in total. The molecule has 24 heavy (non-hydrogen) atoms. The Hall–Kier alpha value is -1.60. The van der Waals surface area contributed by atoms with Gasteiger partial charge >= 0.3 is 0 Å². The van der Waals surface area contributed by atoms with Gasteiger partial charge in [0.2, 0.25) is 15.9 Å². The second-order valence-electron chi connectivity index (χ2n) is 5.63. The standard InChI is InChI=1S/C17H28N2O4S/c1-6-9-13(4)17(20)18-15-12-14(10-11-16(15)23-5)24(21,22)19(7-2)8-3/h10-13H,6-9H2,1-5H3,(H,18,20). The summed E-state index contributed by atoms with van der Waals surface area (Å²) in [4.78, 5) is 12.4. The summed E-state index contributed by atoms with van der Waals surface area (Å²) in [6.07, 6.45) is 1.67. The van der Waals surface area contributed by atoms with E-state index in [4.69, 9.17) is 4.74 Å². The number of rotatable bonds is 9. The molecule has 1 rings (SSSR count). The van der Waals surface area contributed by atoms with Crippen molar-refractivity contribution < 1.29 is 17.9 Å². The second kappa shape index (κ2) is 9.03. The van der Waals surface area contributed by atoms with Crippen LogP contribution in [-0.2, 0) is 14.8 Å². The maximum atomic E-state index is 12.6. The van der Waals surface area contributed by atoms with Crippen molar-refractivity contribution in [1.29, 1.82) is 0 Å². The van der Waals surface area contributed by atoms with Crippen molar-refractivity contribution in [3.05, 3.63) is 18.2 Å². The van der Waals surface area contributed by atoms with Gasteiger partial charge in [-0.25, -0.2) is 8.42 Å². The lowest BCUT2D eigenvalue weighted by Crippen LogP contribution is -2.30. The van der Waals surface area contributed by atoms with Gasteiger partial charge in [-0.2, -0.15) is 4.31 Å². The fourth-order valence-electron chi connectivity index (χ4n) is 2.48. The van der Waals surface area contributed by atoms with Crippen LogP contribution < -0.4 is 10.1 Å². The van der Waals surface area contributed by atoms with E-state index >= 15 is 0 Å². The number of hydrogen-bond donors (Lipinski definition) is 1. The van der Waals surface area contributed by atoms with E-state index in [1.54, 1.807) is 19.9 Å². The van der Waals surface area contributed by atoms with Crippen LogP contribution in [0.5, 0.6) is 5.75 Å². The molecular formula is C17H28N2O4S. The van der Waals surface area contributed by atoms with Crippen LogP contribution in [0.3, 0.4) is 0 Å². The molecule has 1 unspecified atom stereocenters. The Balaban J connectivity index is 3.19. The molecule has 1 aromatic rings. The highest BCUT2D eigenvalue weighted by atomic mass is 32.2. The fraction of sp³-hybridized carbons (Fsp3) is 0.588. The van der Waals surface area contributed by atoms with Crippen LogP contribution >= 0.6 is 0 Å². The minimum absolute atomic E-state index is 0.144. The van der Waals surface area contributed by atoms with Crippen molar-refractivity contribution >= 4 is 21.6 Å². The molecule has 0 bridgehead atoms. The summed E-state index contributed by atoms with van der Waals surface area (Å²) in [6.45, 7) is 8.23. The van der Waals surface area contributed by atoms with E-state index < -0.39 is 10.0 Å². The fourth-order valence-corrected chi connectivity index (χ4v) is 3.96. The SMILES string of the molecule is CCCC(C)C(=O)Nc1cc(S(=O)(=O)N(CC)CC)ccc1OC. The monoisotopic (exact) mass is 356 g/mol. The first-order chi connectivity index (χ1) is 11.3. The molecule has 0 aliphatic carbocycles. The number of amides is 1. The molecule has 1 aromatic carbocycles. The Morgan fingerprint density at radius 1 is 1.25 bits per heavy atom. The van der Waals surface area contributed by atoms with Crippen LogP contribution in [0, 0.1) is 5.92 Å². The number of ether oxygens (including phenoxy) is 1. The summed E-state index contributed by atoms with van der Waals surface area (Å²) >= 11 is 0. The minimum Gasteiger partial charge on any atom is -0.495 e. The second-order valence-corrected chi connectivity index (χ2v) is 7.57. The predicted molar refractivity (Wildman–Crippen MR) is 95.8 cm³/mol. The molecule has 7 heteroatoms. The van der Waals surface area contributed by atoms with Crippen molar-refractivity contribution in [2.75, 3.05) is 25.5 Å². The average Bonchev–Trinajstić information content (AvgIpc) is 2.55. The summed E-state index contributed by atoms with van der Waals surface area (Å²) in [6, 6.07) is 4.52. The highest BCUT2D eigenvalue weighted by molar-refractivity contribution is 7.89. The van der Waals surface area contributed by atoms with Crippen molar-refractivity contribution in [3.8, 4) is 5.75 Å². The van der Waals surface area contributed by atoms with Crippen molar-refractivity contribution in [1.82, 2.24) is 4.31 Å². The van der Waals surface area contributed by atoms with Gasteiger partial charge in [0.1, 0.15) is 5.75 Å². The van der Waals surface area contributed by atoms with Crippen LogP contribution in [0.15, 0.2) is 23.1 Å². The molecule has 1 atom stereocenters. The molecule has 1 N–H and O–H groups in total. The first-order valence-electron chi connectivity index (χ1n) is 8.30. The van der Waals surface area contributed by atoms with E-state index in [9.17, 15) is 13.2 Å². The molecule has 136 valence electrons. The first-order valence-corrected chi connectivity index (χ1v) is 9.74. The lowest BCUT2D eigenvalue weighted by Gasteiger charge is -2.20. The van der Waals surface area contributed by atoms with E-state index in [-0.39, 0.29) is 16.7 Å². The quantitative estimate of drug-likeness (QED) is 0.738. The Labute approximate surface area is 145 Å². The molecule has 0 saturated carbocycles. The molecule has 0 saturated heterocycles. The van der Waals surface area contributed by atoms with E-state index in [1.165, 1.54) is 23.5 Å². The van der Waals surface area contributed by atoms with E-state index in [0.717, 1.165) is 12.8 Å². The van der Waals surface area contributed by atoms with Crippen LogP contribution in [-0.4, -0.2) is 38.8 Å². The first kappa shape index (κ1) is 20.4. The summed E-state index contributed by atoms with van der Waals surface area (Å²) in [5, 5.41) is 2.79. The van der Waals surface area contributed by atoms with Gasteiger partial charge in [-0.1, -0.05) is 34.1 Å². The molecular weight excluding hydrogens is 328 g/mol. The average molecular weight is 356 g/mol. The summed E-state index contributed by atoms with van der Waals surface area (Å²) in [5.74, 6) is 0.140. The molecule has 0 radical (unpaired) electrons. The van der Waals surface area contributed by atoms with Crippen molar-refractivity contribution in [2.24, 2.45) is 5.92 Å². The lowest BCUT2D eigenvalue weighted by molar-refractivity contribution is -0.119. The maximum absolute atomic E-state index is 12.6. The number of sulfonamides is 1. The van der Waals surface area contributed by atoms with Crippen LogP contribution in [0.25, 0.3) is 0 Å². The number of carbonyl (C=O) groups excluding carboxylic acids is 1. The lowest BCUT2D eigenvalue weighted by atomic mass is 10.1. The molecule has 0 fully saturated rings. The third-order valence-electron chi connectivity index (χ3n) is 3.94. The number of carbonyl (C=O) groups is 1. The normalized spacial score (nSPS) is 12.9. The number of methoxy groups -OCH3 is 1. The molecule has 1 amide bonds. The number of nitrogens with one attached hydrogen (secondary N) is 1. The Kier molecular flexibility index (Phi) is 7.69. The molecule has 0 aromatic heterocycles. The molecule has 0 heterocycles. The summed E-state index contributed by atoms with van der Waals surface area (Å²) < 4.78 is 31.9. The van der Waals surface area contributed by atoms with Crippen molar-refractivity contribution in [3.63, 3.8) is 0 Å². The Bertz CT molecular complexity index is 655. The van der Waals surface area contributed by atoms with E-state index in [1.807, 2.05) is 13.8 Å². The van der Waals surface area contributed by atoms with Crippen LogP contribution in [0.2, 0.25) is 0 Å². The molecule has 0 spiro atoms. The molecule has 0 aliphatic rings. The largest absolute Gasteiger partial charge is 0.495 e. The number of hydrogen-bond acceptors (Lipinski definition) is 4. The highest BCUT2D eigenvalue weighted by Gasteiger charge is 2.23. The minimum atomic E-state index is -3.59. The van der Waals surface area contributed by atoms with Gasteiger partial charge in [-0.3, -0.25) is 4.79 Å². The van der Waals surface area contributed by atoms with Gasteiger partial charge in [0.05, 0.1) is 17.7 Å². The predicted octanol–water partition coefficient (Wildman–Crippen LogP) is 3.10. The molecule has 0 aliphatic heterocycles. The Morgan fingerprint density at radius 2 is 1.88 bits per heavy atom. The van der Waals surface area contributed by atoms with Gasteiger partial charge in [-0.05, 0) is 24.6 Å². The van der Waals surface area contributed by atoms with Crippen LogP contribution in [0.1, 0.15) is 40.5 Å². The zero-order chi connectivity index (χ0) is 18.3. The van der Waals surface area contributed by atoms with Crippen LogP contribution in [0.4, 0.5) is 5.69 Å². The summed E-state index contributed by atoms with van der Waals surface area (Å²) in [5.41, 5.74) is 0.374. The van der Waals surface area contributed by atoms with Crippen molar-refractivity contribution in [2.45, 2.75) is 45.4 Å². The third-order valence-corrected chi connectivity index (χ3v) is 5.99. The highest BCUT2D eigenvalue weighted by Crippen LogP contribution is 2.29. The third kappa shape index (κ3) is 4.70.